The van der Waals surface area contributed by atoms with Crippen LogP contribution < -0.4 is 24.5 Å². The van der Waals surface area contributed by atoms with Crippen LogP contribution in [0.1, 0.15) is 22.5 Å². The van der Waals surface area contributed by atoms with Crippen LogP contribution in [0.2, 0.25) is 0 Å². The molecule has 0 aliphatic carbocycles. The molecule has 0 bridgehead atoms. The Morgan fingerprint density at radius 2 is 1.69 bits per heavy atom. The molecule has 3 aromatic carbocycles. The molecule has 2 aromatic heterocycles. The number of hydrogen-bond donors (Lipinski definition) is 1. The second-order valence-electron chi connectivity index (χ2n) is 10.1. The van der Waals surface area contributed by atoms with Crippen molar-refractivity contribution in [1.82, 2.24) is 30.1 Å². The summed E-state index contributed by atoms with van der Waals surface area (Å²) in [6.45, 7) is 3.02. The monoisotopic (exact) mass is 568 g/mol. The zero-order valence-corrected chi connectivity index (χ0v) is 23.6. The van der Waals surface area contributed by atoms with E-state index >= 15 is 0 Å². The molecule has 6 rings (SSSR count). The van der Waals surface area contributed by atoms with Crippen LogP contribution in [0, 0.1) is 0 Å². The summed E-state index contributed by atoms with van der Waals surface area (Å²) in [5, 5.41) is 13.4. The highest BCUT2D eigenvalue weighted by atomic mass is 16.6. The van der Waals surface area contributed by atoms with Gasteiger partial charge < -0.3 is 23.9 Å². The van der Waals surface area contributed by atoms with Gasteiger partial charge in [0.15, 0.2) is 28.8 Å². The topological polar surface area (TPSA) is 117 Å². The lowest BCUT2D eigenvalue weighted by Crippen LogP contribution is -2.30. The van der Waals surface area contributed by atoms with Crippen molar-refractivity contribution in [3.8, 4) is 23.0 Å². The highest BCUT2D eigenvalue weighted by molar-refractivity contribution is 5.83. The Balaban J connectivity index is 1.28. The normalized spacial score (nSPS) is 12.5. The molecule has 0 saturated heterocycles. The fourth-order valence-corrected chi connectivity index (χ4v) is 5.10. The number of hydrogen-bond acceptors (Lipinski definition) is 9. The van der Waals surface area contributed by atoms with Crippen LogP contribution >= 0.6 is 0 Å². The molecule has 1 N–H and O–H groups in total. The lowest BCUT2D eigenvalue weighted by atomic mass is 10.1. The predicted molar refractivity (Wildman–Crippen MR) is 156 cm³/mol. The van der Waals surface area contributed by atoms with Gasteiger partial charge in [0.05, 0.1) is 32.8 Å². The third-order valence-electron chi connectivity index (χ3n) is 7.29. The maximum Gasteiger partial charge on any atom is 0.252 e. The van der Waals surface area contributed by atoms with Crippen molar-refractivity contribution >= 4 is 10.9 Å². The van der Waals surface area contributed by atoms with Gasteiger partial charge in [-0.1, -0.05) is 36.4 Å². The van der Waals surface area contributed by atoms with Gasteiger partial charge in [0.1, 0.15) is 13.2 Å². The van der Waals surface area contributed by atoms with E-state index in [0.717, 1.165) is 16.5 Å². The van der Waals surface area contributed by atoms with Crippen LogP contribution in [-0.2, 0) is 26.1 Å². The molecule has 1 aliphatic rings. The van der Waals surface area contributed by atoms with Gasteiger partial charge in [-0.3, -0.25) is 9.69 Å². The molecule has 0 saturated carbocycles. The van der Waals surface area contributed by atoms with E-state index in [-0.39, 0.29) is 5.56 Å². The quantitative estimate of drug-likeness (QED) is 0.255. The van der Waals surface area contributed by atoms with E-state index in [4.69, 9.17) is 18.9 Å². The fraction of sp³-hybridized carbons (Fsp3) is 0.290. The Bertz CT molecular complexity index is 1740. The molecule has 216 valence electrons. The molecule has 42 heavy (non-hydrogen) atoms. The number of H-pyrrole nitrogens is 1. The molecule has 1 aliphatic heterocycles. The number of tetrazole rings is 1. The number of methoxy groups -OCH3 is 2. The molecule has 0 fully saturated rings. The van der Waals surface area contributed by atoms with Gasteiger partial charge in [-0.15, -0.1) is 5.10 Å². The van der Waals surface area contributed by atoms with Crippen LogP contribution in [0.25, 0.3) is 10.9 Å². The van der Waals surface area contributed by atoms with Gasteiger partial charge in [-0.05, 0) is 52.2 Å². The van der Waals surface area contributed by atoms with Crippen LogP contribution in [0.5, 0.6) is 23.0 Å². The average molecular weight is 569 g/mol. The molecule has 0 amide bonds. The maximum absolute atomic E-state index is 13.2. The Hall–Kier alpha value is -4.90. The molecule has 5 aromatic rings. The number of pyridine rings is 1. The minimum Gasteiger partial charge on any atom is -0.493 e. The lowest BCUT2D eigenvalue weighted by molar-refractivity contribution is 0.172. The van der Waals surface area contributed by atoms with Crippen LogP contribution in [-0.4, -0.2) is 64.1 Å². The third kappa shape index (κ3) is 6.06. The predicted octanol–water partition coefficient (Wildman–Crippen LogP) is 3.60. The molecule has 3 heterocycles. The first-order valence-corrected chi connectivity index (χ1v) is 13.8. The summed E-state index contributed by atoms with van der Waals surface area (Å²) in [4.78, 5) is 18.4. The zero-order chi connectivity index (χ0) is 28.9. The summed E-state index contributed by atoms with van der Waals surface area (Å²) in [7, 11) is 3.25. The maximum atomic E-state index is 13.2. The van der Waals surface area contributed by atoms with Gasteiger partial charge in [-0.25, -0.2) is 4.68 Å². The fourth-order valence-electron chi connectivity index (χ4n) is 5.10. The second kappa shape index (κ2) is 12.3. The van der Waals surface area contributed by atoms with Crippen molar-refractivity contribution in [1.29, 1.82) is 0 Å². The Labute approximate surface area is 242 Å². The summed E-state index contributed by atoms with van der Waals surface area (Å²) in [6.07, 6.45) is 0.713. The van der Waals surface area contributed by atoms with E-state index in [0.29, 0.717) is 85.7 Å². The number of ether oxygens (including phenoxy) is 4. The van der Waals surface area contributed by atoms with Crippen LogP contribution in [0.15, 0.2) is 71.5 Å². The molecular weight excluding hydrogens is 536 g/mol. The van der Waals surface area contributed by atoms with Crippen molar-refractivity contribution in [3.63, 3.8) is 0 Å². The van der Waals surface area contributed by atoms with E-state index in [1.165, 1.54) is 0 Å². The van der Waals surface area contributed by atoms with E-state index in [1.54, 1.807) is 18.9 Å². The first kappa shape index (κ1) is 27.3. The molecule has 0 radical (unpaired) electrons. The first-order chi connectivity index (χ1) is 20.6. The Morgan fingerprint density at radius 3 is 2.48 bits per heavy atom. The van der Waals surface area contributed by atoms with Crippen LogP contribution in [0.4, 0.5) is 0 Å². The summed E-state index contributed by atoms with van der Waals surface area (Å²) in [5.74, 6) is 3.38. The zero-order valence-electron chi connectivity index (χ0n) is 23.6. The van der Waals surface area contributed by atoms with Gasteiger partial charge in [0.2, 0.25) is 0 Å². The summed E-state index contributed by atoms with van der Waals surface area (Å²) >= 11 is 0. The summed E-state index contributed by atoms with van der Waals surface area (Å²) in [5.41, 5.74) is 3.37. The number of aromatic amines is 1. The standard InChI is InChI=1S/C31H32N6O5/c1-39-26-9-8-21(14-27(26)40-2)10-11-36(20-30-33-34-35-37(30)18-22-6-4-3-5-7-22)19-24-15-23-16-28-29(42-13-12-41-28)17-25(23)32-31(24)38/h3-9,14-17H,10-13,18-20H2,1-2H3,(H,32,38). The summed E-state index contributed by atoms with van der Waals surface area (Å²) < 4.78 is 24.2. The number of nitrogens with zero attached hydrogens (tertiary/aromatic N) is 5. The van der Waals surface area contributed by atoms with Crippen molar-refractivity contribution in [2.75, 3.05) is 34.0 Å². The number of fused-ring (bicyclic) bond motifs is 2. The van der Waals surface area contributed by atoms with E-state index < -0.39 is 0 Å². The minimum atomic E-state index is -0.154. The highest BCUT2D eigenvalue weighted by Gasteiger charge is 2.18. The van der Waals surface area contributed by atoms with E-state index in [2.05, 4.69) is 25.4 Å². The summed E-state index contributed by atoms with van der Waals surface area (Å²) in [6, 6.07) is 21.6. The van der Waals surface area contributed by atoms with Crippen molar-refractivity contribution in [2.24, 2.45) is 0 Å². The van der Waals surface area contributed by atoms with Crippen molar-refractivity contribution in [3.05, 3.63) is 99.6 Å². The average Bonchev–Trinajstić information content (AvgIpc) is 3.45. The molecule has 0 unspecified atom stereocenters. The SMILES string of the molecule is COc1ccc(CCN(Cc2cc3cc4c(cc3[nH]c2=O)OCCO4)Cc2nnnn2Cc2ccccc2)cc1OC. The number of benzene rings is 3. The third-order valence-corrected chi connectivity index (χ3v) is 7.29. The van der Waals surface area contributed by atoms with Gasteiger partial charge in [-0.2, -0.15) is 0 Å². The number of aromatic nitrogens is 5. The Morgan fingerprint density at radius 1 is 0.905 bits per heavy atom. The first-order valence-electron chi connectivity index (χ1n) is 13.8. The van der Waals surface area contributed by atoms with Gasteiger partial charge in [0, 0.05) is 30.1 Å². The molecule has 11 heteroatoms. The van der Waals surface area contributed by atoms with E-state index in [9.17, 15) is 4.79 Å². The lowest BCUT2D eigenvalue weighted by Gasteiger charge is -2.22. The van der Waals surface area contributed by atoms with Gasteiger partial charge >= 0.3 is 0 Å². The number of rotatable bonds is 11. The molecule has 0 atom stereocenters. The van der Waals surface area contributed by atoms with Crippen molar-refractivity contribution in [2.45, 2.75) is 26.1 Å². The van der Waals surface area contributed by atoms with Crippen molar-refractivity contribution < 1.29 is 18.9 Å². The molecule has 11 nitrogen and oxygen atoms in total. The Kier molecular flexibility index (Phi) is 8.00. The molecule has 0 spiro atoms. The molecular formula is C31H32N6O5. The smallest absolute Gasteiger partial charge is 0.252 e. The van der Waals surface area contributed by atoms with Crippen LogP contribution in [0.3, 0.4) is 0 Å². The van der Waals surface area contributed by atoms with Gasteiger partial charge in [0.25, 0.3) is 5.56 Å². The largest absolute Gasteiger partial charge is 0.493 e. The second-order valence-corrected chi connectivity index (χ2v) is 10.1. The minimum absolute atomic E-state index is 0.154. The van der Waals surface area contributed by atoms with E-state index in [1.807, 2.05) is 66.7 Å². The number of nitrogens with one attached hydrogen (secondary N) is 1. The highest BCUT2D eigenvalue weighted by Crippen LogP contribution is 2.34.